The zero-order valence-electron chi connectivity index (χ0n) is 15.0. The van der Waals surface area contributed by atoms with Gasteiger partial charge in [0, 0.05) is 30.9 Å². The highest BCUT2D eigenvalue weighted by Gasteiger charge is 2.28. The van der Waals surface area contributed by atoms with Gasteiger partial charge in [-0.1, -0.05) is 23.7 Å². The number of nitrogens with zero attached hydrogens (tertiary/aromatic N) is 5. The lowest BCUT2D eigenvalue weighted by Crippen LogP contribution is -2.51. The molecule has 1 aliphatic heterocycles. The topological polar surface area (TPSA) is 93.0 Å². The Morgan fingerprint density at radius 2 is 1.93 bits per heavy atom. The maximum absolute atomic E-state index is 12.5. The summed E-state index contributed by atoms with van der Waals surface area (Å²) in [5.41, 5.74) is 1.69. The monoisotopic (exact) mass is 396 g/mol. The molecule has 0 aliphatic carbocycles. The fraction of sp³-hybridized carbons (Fsp3) is 0.211. The van der Waals surface area contributed by atoms with Crippen LogP contribution in [0.2, 0.25) is 5.02 Å². The Bertz CT molecular complexity index is 1070. The van der Waals surface area contributed by atoms with E-state index >= 15 is 0 Å². The van der Waals surface area contributed by atoms with Gasteiger partial charge in [-0.3, -0.25) is 14.2 Å². The molecule has 1 unspecified atom stereocenters. The molecule has 1 fully saturated rings. The SMILES string of the molecule is Cn1c(N2CC(=O)NC(c3ccc(Cl)cc3)C2)nc(-c2ccncn2)cc1=O. The zero-order valence-corrected chi connectivity index (χ0v) is 15.8. The smallest absolute Gasteiger partial charge is 0.255 e. The van der Waals surface area contributed by atoms with Gasteiger partial charge in [0.25, 0.3) is 5.56 Å². The molecule has 0 saturated carbocycles. The van der Waals surface area contributed by atoms with Crippen molar-refractivity contribution in [2.24, 2.45) is 7.05 Å². The van der Waals surface area contributed by atoms with Crippen LogP contribution in [0.25, 0.3) is 11.4 Å². The van der Waals surface area contributed by atoms with Crippen LogP contribution in [0.15, 0.2) is 53.7 Å². The third-order valence-corrected chi connectivity index (χ3v) is 4.84. The third-order valence-electron chi connectivity index (χ3n) is 4.58. The number of carbonyl (C=O) groups excluding carboxylic acids is 1. The summed E-state index contributed by atoms with van der Waals surface area (Å²) in [6.45, 7) is 0.582. The number of nitrogens with one attached hydrogen (secondary N) is 1. The number of piperazine rings is 1. The fourth-order valence-corrected chi connectivity index (χ4v) is 3.29. The number of halogens is 1. The van der Waals surface area contributed by atoms with E-state index in [2.05, 4.69) is 20.3 Å². The number of aromatic nitrogens is 4. The predicted molar refractivity (Wildman–Crippen MR) is 105 cm³/mol. The van der Waals surface area contributed by atoms with Gasteiger partial charge < -0.3 is 10.2 Å². The van der Waals surface area contributed by atoms with Crippen LogP contribution in [-0.4, -0.2) is 38.5 Å². The van der Waals surface area contributed by atoms with Crippen molar-refractivity contribution in [2.75, 3.05) is 18.0 Å². The Labute approximate surface area is 165 Å². The average Bonchev–Trinajstić information content (AvgIpc) is 2.70. The molecule has 3 aromatic rings. The first-order valence-corrected chi connectivity index (χ1v) is 9.03. The fourth-order valence-electron chi connectivity index (χ4n) is 3.16. The molecule has 1 atom stereocenters. The first-order valence-electron chi connectivity index (χ1n) is 8.65. The van der Waals surface area contributed by atoms with Crippen LogP contribution >= 0.6 is 11.6 Å². The van der Waals surface area contributed by atoms with E-state index in [1.165, 1.54) is 17.0 Å². The highest BCUT2D eigenvalue weighted by atomic mass is 35.5. The summed E-state index contributed by atoms with van der Waals surface area (Å²) in [6.07, 6.45) is 2.99. The molecule has 142 valence electrons. The Hall–Kier alpha value is -3.26. The number of rotatable bonds is 3. The number of amides is 1. The van der Waals surface area contributed by atoms with Crippen molar-refractivity contribution < 1.29 is 4.79 Å². The summed E-state index contributed by atoms with van der Waals surface area (Å²) >= 11 is 5.96. The predicted octanol–water partition coefficient (Wildman–Crippen LogP) is 1.57. The molecule has 1 saturated heterocycles. The van der Waals surface area contributed by atoms with Gasteiger partial charge in [-0.05, 0) is 23.8 Å². The van der Waals surface area contributed by atoms with E-state index in [9.17, 15) is 9.59 Å². The molecule has 1 N–H and O–H groups in total. The molecule has 4 rings (SSSR count). The van der Waals surface area contributed by atoms with E-state index in [0.717, 1.165) is 5.56 Å². The molecule has 8 nitrogen and oxygen atoms in total. The van der Waals surface area contributed by atoms with Gasteiger partial charge in [-0.15, -0.1) is 0 Å². The van der Waals surface area contributed by atoms with E-state index < -0.39 is 0 Å². The first-order chi connectivity index (χ1) is 13.5. The normalized spacial score (nSPS) is 16.7. The van der Waals surface area contributed by atoms with Crippen LogP contribution < -0.4 is 15.8 Å². The zero-order chi connectivity index (χ0) is 19.7. The van der Waals surface area contributed by atoms with Gasteiger partial charge in [0.15, 0.2) is 0 Å². The van der Waals surface area contributed by atoms with Crippen LogP contribution in [-0.2, 0) is 11.8 Å². The van der Waals surface area contributed by atoms with E-state index in [0.29, 0.717) is 28.9 Å². The Morgan fingerprint density at radius 1 is 1.14 bits per heavy atom. The molecular formula is C19H17ClN6O2. The summed E-state index contributed by atoms with van der Waals surface area (Å²) in [5.74, 6) is 0.266. The van der Waals surface area contributed by atoms with Crippen LogP contribution in [0.1, 0.15) is 11.6 Å². The van der Waals surface area contributed by atoms with Gasteiger partial charge in [-0.25, -0.2) is 15.0 Å². The molecule has 0 spiro atoms. The third kappa shape index (κ3) is 3.59. The van der Waals surface area contributed by atoms with Crippen molar-refractivity contribution in [1.82, 2.24) is 24.8 Å². The standard InChI is InChI=1S/C19H17ClN6O2/c1-25-18(28)8-15(14-6-7-21-11-22-14)24-19(25)26-9-16(23-17(27)10-26)12-2-4-13(20)5-3-12/h2-8,11,16H,9-10H2,1H3,(H,23,27). The quantitative estimate of drug-likeness (QED) is 0.722. The minimum atomic E-state index is -0.238. The number of anilines is 1. The van der Waals surface area contributed by atoms with Crippen molar-refractivity contribution in [3.05, 3.63) is 69.9 Å². The van der Waals surface area contributed by atoms with Crippen LogP contribution in [0.5, 0.6) is 0 Å². The summed E-state index contributed by atoms with van der Waals surface area (Å²) in [6, 6.07) is 10.2. The summed E-state index contributed by atoms with van der Waals surface area (Å²) in [4.78, 5) is 39.3. The van der Waals surface area contributed by atoms with Crippen molar-refractivity contribution in [3.8, 4) is 11.4 Å². The van der Waals surface area contributed by atoms with Gasteiger partial charge in [0.1, 0.15) is 6.33 Å². The van der Waals surface area contributed by atoms with Crippen molar-refractivity contribution in [3.63, 3.8) is 0 Å². The second-order valence-electron chi connectivity index (χ2n) is 6.49. The van der Waals surface area contributed by atoms with Crippen LogP contribution in [0.4, 0.5) is 5.95 Å². The maximum Gasteiger partial charge on any atom is 0.255 e. The molecule has 3 heterocycles. The lowest BCUT2D eigenvalue weighted by molar-refractivity contribution is -0.121. The summed E-state index contributed by atoms with van der Waals surface area (Å²) < 4.78 is 1.43. The van der Waals surface area contributed by atoms with Gasteiger partial charge in [-0.2, -0.15) is 0 Å². The summed E-state index contributed by atoms with van der Waals surface area (Å²) in [5, 5.41) is 3.60. The van der Waals surface area contributed by atoms with E-state index in [1.807, 2.05) is 12.1 Å². The highest BCUT2D eigenvalue weighted by Crippen LogP contribution is 2.23. The highest BCUT2D eigenvalue weighted by molar-refractivity contribution is 6.30. The second kappa shape index (κ2) is 7.40. The average molecular weight is 397 g/mol. The van der Waals surface area contributed by atoms with Crippen LogP contribution in [0.3, 0.4) is 0 Å². The lowest BCUT2D eigenvalue weighted by Gasteiger charge is -2.34. The molecule has 1 aromatic carbocycles. The molecule has 2 aromatic heterocycles. The van der Waals surface area contributed by atoms with Crippen LogP contribution in [0, 0.1) is 0 Å². The second-order valence-corrected chi connectivity index (χ2v) is 6.92. The largest absolute Gasteiger partial charge is 0.346 e. The molecule has 0 bridgehead atoms. The number of hydrogen-bond acceptors (Lipinski definition) is 6. The van der Waals surface area contributed by atoms with E-state index in [4.69, 9.17) is 11.6 Å². The molecule has 1 amide bonds. The Balaban J connectivity index is 1.71. The minimum Gasteiger partial charge on any atom is -0.346 e. The van der Waals surface area contributed by atoms with Crippen molar-refractivity contribution in [1.29, 1.82) is 0 Å². The minimum absolute atomic E-state index is 0.109. The first kappa shape index (κ1) is 18.1. The van der Waals surface area contributed by atoms with Crippen molar-refractivity contribution >= 4 is 23.5 Å². The molecule has 9 heteroatoms. The molecular weight excluding hydrogens is 380 g/mol. The van der Waals surface area contributed by atoms with Crippen molar-refractivity contribution in [2.45, 2.75) is 6.04 Å². The van der Waals surface area contributed by atoms with Gasteiger partial charge in [0.05, 0.1) is 24.0 Å². The maximum atomic E-state index is 12.5. The number of benzene rings is 1. The van der Waals surface area contributed by atoms with Gasteiger partial charge >= 0.3 is 0 Å². The number of carbonyl (C=O) groups is 1. The molecule has 1 aliphatic rings. The summed E-state index contributed by atoms with van der Waals surface area (Å²) in [7, 11) is 1.64. The lowest BCUT2D eigenvalue weighted by atomic mass is 10.0. The molecule has 0 radical (unpaired) electrons. The number of hydrogen-bond donors (Lipinski definition) is 1. The van der Waals surface area contributed by atoms with E-state index in [-0.39, 0.29) is 24.1 Å². The van der Waals surface area contributed by atoms with E-state index in [1.54, 1.807) is 36.3 Å². The Morgan fingerprint density at radius 3 is 2.64 bits per heavy atom. The Kier molecular flexibility index (Phi) is 4.79. The van der Waals surface area contributed by atoms with Gasteiger partial charge in [0.2, 0.25) is 11.9 Å². The molecule has 28 heavy (non-hydrogen) atoms.